The maximum absolute atomic E-state index is 6.10. The highest BCUT2D eigenvalue weighted by atomic mass is 35.5. The molecule has 2 aromatic heterocycles. The van der Waals surface area contributed by atoms with Gasteiger partial charge in [0.25, 0.3) is 0 Å². The van der Waals surface area contributed by atoms with Crippen molar-refractivity contribution in [2.45, 2.75) is 12.3 Å². The fraction of sp³-hybridized carbons (Fsp3) is 0.400. The van der Waals surface area contributed by atoms with Crippen LogP contribution in [0.4, 0.5) is 0 Å². The number of aromatic nitrogens is 2. The molecule has 78 valence electrons. The zero-order chi connectivity index (χ0) is 10.3. The Labute approximate surface area is 96.1 Å². The Hall–Kier alpha value is -0.710. The van der Waals surface area contributed by atoms with Gasteiger partial charge in [-0.2, -0.15) is 0 Å². The van der Waals surface area contributed by atoms with E-state index < -0.39 is 0 Å². The molecule has 0 spiro atoms. The van der Waals surface area contributed by atoms with Gasteiger partial charge in [-0.15, -0.1) is 11.3 Å². The maximum Gasteiger partial charge on any atom is 0.141 e. The maximum atomic E-state index is 6.10. The summed E-state index contributed by atoms with van der Waals surface area (Å²) in [4.78, 5) is 9.83. The molecule has 0 saturated carbocycles. The monoisotopic (exact) mass is 240 g/mol. The molecule has 1 saturated heterocycles. The summed E-state index contributed by atoms with van der Waals surface area (Å²) >= 11 is 7.69. The molecule has 2 aromatic rings. The number of ether oxygens (including phenoxy) is 1. The van der Waals surface area contributed by atoms with Crippen LogP contribution in [0.5, 0.6) is 0 Å². The second-order valence-corrected chi connectivity index (χ2v) is 4.83. The molecule has 0 N–H and O–H groups in total. The van der Waals surface area contributed by atoms with E-state index in [1.165, 1.54) is 0 Å². The Morgan fingerprint density at radius 1 is 1.47 bits per heavy atom. The Morgan fingerprint density at radius 3 is 3.20 bits per heavy atom. The van der Waals surface area contributed by atoms with Gasteiger partial charge in [-0.05, 0) is 17.9 Å². The standard InChI is InChI=1S/C10H9ClN2OS/c11-8-7-2-4-15-10(7)13-9(12-8)6-1-3-14-5-6/h2,4,6H,1,3,5H2. The van der Waals surface area contributed by atoms with E-state index in [0.717, 1.165) is 29.1 Å². The van der Waals surface area contributed by atoms with Crippen LogP contribution in [0.1, 0.15) is 18.2 Å². The van der Waals surface area contributed by atoms with E-state index in [0.29, 0.717) is 17.7 Å². The predicted molar refractivity (Wildman–Crippen MR) is 60.6 cm³/mol. The van der Waals surface area contributed by atoms with Gasteiger partial charge in [0.15, 0.2) is 0 Å². The summed E-state index contributed by atoms with van der Waals surface area (Å²) in [5, 5.41) is 3.49. The van der Waals surface area contributed by atoms with Crippen LogP contribution >= 0.6 is 22.9 Å². The highest BCUT2D eigenvalue weighted by Gasteiger charge is 2.21. The van der Waals surface area contributed by atoms with Crippen molar-refractivity contribution in [1.82, 2.24) is 9.97 Å². The first-order valence-electron chi connectivity index (χ1n) is 4.83. The van der Waals surface area contributed by atoms with Gasteiger partial charge >= 0.3 is 0 Å². The third-order valence-corrected chi connectivity index (χ3v) is 3.69. The van der Waals surface area contributed by atoms with Crippen LogP contribution in [0.15, 0.2) is 11.4 Å². The van der Waals surface area contributed by atoms with Crippen molar-refractivity contribution < 1.29 is 4.74 Å². The van der Waals surface area contributed by atoms with Crippen LogP contribution in [0.3, 0.4) is 0 Å². The van der Waals surface area contributed by atoms with Crippen LogP contribution in [-0.2, 0) is 4.74 Å². The second kappa shape index (κ2) is 3.70. The lowest BCUT2D eigenvalue weighted by atomic mass is 10.1. The first-order chi connectivity index (χ1) is 7.34. The van der Waals surface area contributed by atoms with E-state index in [-0.39, 0.29) is 0 Å². The summed E-state index contributed by atoms with van der Waals surface area (Å²) in [6.45, 7) is 1.52. The molecular weight excluding hydrogens is 232 g/mol. The number of nitrogens with zero attached hydrogens (tertiary/aromatic N) is 2. The van der Waals surface area contributed by atoms with Crippen molar-refractivity contribution in [1.29, 1.82) is 0 Å². The highest BCUT2D eigenvalue weighted by molar-refractivity contribution is 7.16. The minimum Gasteiger partial charge on any atom is -0.381 e. The van der Waals surface area contributed by atoms with Gasteiger partial charge in [-0.3, -0.25) is 0 Å². The van der Waals surface area contributed by atoms with Gasteiger partial charge in [0.1, 0.15) is 15.8 Å². The molecule has 1 fully saturated rings. The largest absolute Gasteiger partial charge is 0.381 e. The molecule has 3 heterocycles. The van der Waals surface area contributed by atoms with Gasteiger partial charge in [-0.1, -0.05) is 11.6 Å². The van der Waals surface area contributed by atoms with Crippen molar-refractivity contribution >= 4 is 33.2 Å². The first-order valence-corrected chi connectivity index (χ1v) is 6.09. The quantitative estimate of drug-likeness (QED) is 0.719. The average molecular weight is 241 g/mol. The lowest BCUT2D eigenvalue weighted by Gasteiger charge is -2.06. The topological polar surface area (TPSA) is 35.0 Å². The summed E-state index contributed by atoms with van der Waals surface area (Å²) in [5.41, 5.74) is 0. The number of rotatable bonds is 1. The van der Waals surface area contributed by atoms with Crippen LogP contribution in [-0.4, -0.2) is 23.2 Å². The van der Waals surface area contributed by atoms with Gasteiger partial charge in [0, 0.05) is 17.9 Å². The van der Waals surface area contributed by atoms with E-state index in [9.17, 15) is 0 Å². The molecule has 15 heavy (non-hydrogen) atoms. The fourth-order valence-electron chi connectivity index (χ4n) is 1.76. The number of hydrogen-bond acceptors (Lipinski definition) is 4. The number of hydrogen-bond donors (Lipinski definition) is 0. The molecular formula is C10H9ClN2OS. The minimum absolute atomic E-state index is 0.314. The smallest absolute Gasteiger partial charge is 0.141 e. The van der Waals surface area contributed by atoms with E-state index >= 15 is 0 Å². The molecule has 1 atom stereocenters. The van der Waals surface area contributed by atoms with Crippen LogP contribution in [0.25, 0.3) is 10.2 Å². The molecule has 1 unspecified atom stereocenters. The van der Waals surface area contributed by atoms with E-state index in [1.807, 2.05) is 11.4 Å². The zero-order valence-corrected chi connectivity index (χ0v) is 9.51. The molecule has 1 aliphatic heterocycles. The second-order valence-electron chi connectivity index (χ2n) is 3.57. The third-order valence-electron chi connectivity index (χ3n) is 2.59. The van der Waals surface area contributed by atoms with Crippen molar-refractivity contribution in [3.8, 4) is 0 Å². The molecule has 1 aliphatic rings. The molecule has 0 aromatic carbocycles. The van der Waals surface area contributed by atoms with E-state index in [2.05, 4.69) is 9.97 Å². The summed E-state index contributed by atoms with van der Waals surface area (Å²) in [6.07, 6.45) is 0.993. The molecule has 5 heteroatoms. The average Bonchev–Trinajstić information content (AvgIpc) is 2.88. The molecule has 3 rings (SSSR count). The summed E-state index contributed by atoms with van der Waals surface area (Å²) in [7, 11) is 0. The third kappa shape index (κ3) is 1.62. The summed E-state index contributed by atoms with van der Waals surface area (Å²) in [6, 6.07) is 1.96. The fourth-order valence-corrected chi connectivity index (χ4v) is 2.82. The van der Waals surface area contributed by atoms with Crippen LogP contribution < -0.4 is 0 Å². The first kappa shape index (κ1) is 9.51. The van der Waals surface area contributed by atoms with Crippen molar-refractivity contribution in [3.05, 3.63) is 22.4 Å². The van der Waals surface area contributed by atoms with Gasteiger partial charge < -0.3 is 4.74 Å². The Morgan fingerprint density at radius 2 is 2.40 bits per heavy atom. The number of fused-ring (bicyclic) bond motifs is 1. The molecule has 0 amide bonds. The molecule has 0 bridgehead atoms. The van der Waals surface area contributed by atoms with Crippen molar-refractivity contribution in [2.75, 3.05) is 13.2 Å². The van der Waals surface area contributed by atoms with Gasteiger partial charge in [0.05, 0.1) is 6.61 Å². The summed E-state index contributed by atoms with van der Waals surface area (Å²) < 4.78 is 5.33. The SMILES string of the molecule is Clc1nc(C2CCOC2)nc2sccc12. The Balaban J connectivity index is 2.11. The normalized spacial score (nSPS) is 21.3. The van der Waals surface area contributed by atoms with Crippen molar-refractivity contribution in [3.63, 3.8) is 0 Å². The zero-order valence-electron chi connectivity index (χ0n) is 7.94. The van der Waals surface area contributed by atoms with Crippen LogP contribution in [0.2, 0.25) is 5.15 Å². The number of halogens is 1. The van der Waals surface area contributed by atoms with Crippen molar-refractivity contribution in [2.24, 2.45) is 0 Å². The Kier molecular flexibility index (Phi) is 2.35. The lowest BCUT2D eigenvalue weighted by molar-refractivity contribution is 0.193. The summed E-state index contributed by atoms with van der Waals surface area (Å²) in [5.74, 6) is 1.14. The van der Waals surface area contributed by atoms with E-state index in [4.69, 9.17) is 16.3 Å². The van der Waals surface area contributed by atoms with Gasteiger partial charge in [0.2, 0.25) is 0 Å². The predicted octanol–water partition coefficient (Wildman–Crippen LogP) is 2.85. The van der Waals surface area contributed by atoms with Gasteiger partial charge in [-0.25, -0.2) is 9.97 Å². The lowest BCUT2D eigenvalue weighted by Crippen LogP contribution is -2.03. The number of thiophene rings is 1. The van der Waals surface area contributed by atoms with Crippen LogP contribution in [0, 0.1) is 0 Å². The van der Waals surface area contributed by atoms with E-state index in [1.54, 1.807) is 11.3 Å². The minimum atomic E-state index is 0.314. The Bertz CT molecular complexity index is 493. The molecule has 0 aliphatic carbocycles. The molecule has 3 nitrogen and oxygen atoms in total. The highest BCUT2D eigenvalue weighted by Crippen LogP contribution is 2.29. The molecule has 0 radical (unpaired) electrons.